The molecule has 0 spiro atoms. The van der Waals surface area contributed by atoms with Crippen molar-refractivity contribution in [1.29, 1.82) is 0 Å². The summed E-state index contributed by atoms with van der Waals surface area (Å²) < 4.78 is 10.6. The molecular formula is C25H38N4O3. The topological polar surface area (TPSA) is 79.5 Å². The van der Waals surface area contributed by atoms with Crippen molar-refractivity contribution in [3.63, 3.8) is 0 Å². The summed E-state index contributed by atoms with van der Waals surface area (Å²) in [6.07, 6.45) is 9.23. The van der Waals surface area contributed by atoms with E-state index < -0.39 is 0 Å². The molecule has 0 bridgehead atoms. The number of hydrogen-bond acceptors (Lipinski definition) is 5. The Morgan fingerprint density at radius 2 is 2.19 bits per heavy atom. The van der Waals surface area contributed by atoms with E-state index in [-0.39, 0.29) is 5.91 Å². The van der Waals surface area contributed by atoms with Gasteiger partial charge < -0.3 is 19.8 Å². The minimum absolute atomic E-state index is 0.0918. The van der Waals surface area contributed by atoms with Crippen LogP contribution < -0.4 is 14.8 Å². The number of ether oxygens (including phenoxy) is 2. The van der Waals surface area contributed by atoms with Crippen LogP contribution in [0.5, 0.6) is 11.5 Å². The Labute approximate surface area is 191 Å². The molecule has 0 aliphatic carbocycles. The summed E-state index contributed by atoms with van der Waals surface area (Å²) in [5, 5.41) is 3.03. The van der Waals surface area contributed by atoms with Gasteiger partial charge in [-0.3, -0.25) is 9.69 Å². The molecule has 176 valence electrons. The second-order valence-corrected chi connectivity index (χ2v) is 8.70. The lowest BCUT2D eigenvalue weighted by atomic mass is 9.93. The maximum atomic E-state index is 12.4. The Kier molecular flexibility index (Phi) is 9.41. The van der Waals surface area contributed by atoms with Crippen molar-refractivity contribution in [2.75, 3.05) is 27.3 Å². The molecule has 32 heavy (non-hydrogen) atoms. The molecule has 1 aromatic carbocycles. The van der Waals surface area contributed by atoms with Gasteiger partial charge in [-0.25, -0.2) is 4.98 Å². The molecule has 1 aromatic heterocycles. The molecule has 7 heteroatoms. The van der Waals surface area contributed by atoms with Gasteiger partial charge in [0.15, 0.2) is 0 Å². The molecule has 7 nitrogen and oxygen atoms in total. The van der Waals surface area contributed by atoms with Gasteiger partial charge in [0, 0.05) is 56.0 Å². The number of nitrogens with one attached hydrogen (secondary N) is 2. The maximum Gasteiger partial charge on any atom is 0.220 e. The molecule has 0 saturated carbocycles. The zero-order chi connectivity index (χ0) is 22.8. The number of aromatic nitrogens is 2. The number of imidazole rings is 1. The second kappa shape index (κ2) is 12.5. The number of hydrogen-bond donors (Lipinski definition) is 2. The van der Waals surface area contributed by atoms with Crippen LogP contribution in [0.1, 0.15) is 62.5 Å². The fourth-order valence-electron chi connectivity index (χ4n) is 4.34. The first-order chi connectivity index (χ1) is 15.6. The third kappa shape index (κ3) is 7.26. The van der Waals surface area contributed by atoms with E-state index in [2.05, 4.69) is 27.1 Å². The van der Waals surface area contributed by atoms with Crippen LogP contribution in [-0.4, -0.2) is 48.1 Å². The van der Waals surface area contributed by atoms with Crippen LogP contribution in [0.25, 0.3) is 0 Å². The van der Waals surface area contributed by atoms with Gasteiger partial charge in [-0.1, -0.05) is 13.3 Å². The average Bonchev–Trinajstić information content (AvgIpc) is 3.27. The number of benzene rings is 1. The first-order valence-electron chi connectivity index (χ1n) is 11.8. The van der Waals surface area contributed by atoms with Crippen LogP contribution in [0.15, 0.2) is 24.4 Å². The van der Waals surface area contributed by atoms with E-state index in [1.807, 2.05) is 24.4 Å². The molecule has 2 heterocycles. The van der Waals surface area contributed by atoms with Crippen LogP contribution >= 0.6 is 0 Å². The van der Waals surface area contributed by atoms with E-state index in [0.29, 0.717) is 18.9 Å². The standard InChI is InChI=1S/C25H38N4O3/c1-4-5-8-24-26-16-21(28-24)18-29-13-6-7-19(17-29)9-12-25(30)27-15-20-10-11-22(31-2)14-23(20)32-3/h10-11,14,16,19H,4-9,12-13,15,17-18H2,1-3H3,(H,26,28)(H,27,30)/t19-/m1/s1. The number of amides is 1. The van der Waals surface area contributed by atoms with Gasteiger partial charge in [0.2, 0.25) is 5.91 Å². The predicted molar refractivity (Wildman–Crippen MR) is 126 cm³/mol. The quantitative estimate of drug-likeness (QED) is 0.518. The highest BCUT2D eigenvalue weighted by Crippen LogP contribution is 2.25. The van der Waals surface area contributed by atoms with E-state index in [9.17, 15) is 4.79 Å². The van der Waals surface area contributed by atoms with Gasteiger partial charge in [-0.2, -0.15) is 0 Å². The first kappa shape index (κ1) is 24.1. The zero-order valence-electron chi connectivity index (χ0n) is 19.8. The normalized spacial score (nSPS) is 16.7. The molecule has 1 saturated heterocycles. The van der Waals surface area contributed by atoms with Gasteiger partial charge in [-0.05, 0) is 50.3 Å². The Bertz CT molecular complexity index is 851. The number of carbonyl (C=O) groups is 1. The van der Waals surface area contributed by atoms with Crippen molar-refractivity contribution < 1.29 is 14.3 Å². The van der Waals surface area contributed by atoms with Gasteiger partial charge >= 0.3 is 0 Å². The molecule has 1 aliphatic heterocycles. The van der Waals surface area contributed by atoms with Gasteiger partial charge in [0.05, 0.1) is 14.2 Å². The van der Waals surface area contributed by atoms with Crippen LogP contribution in [0, 0.1) is 5.92 Å². The Balaban J connectivity index is 1.40. The predicted octanol–water partition coefficient (Wildman–Crippen LogP) is 4.08. The highest BCUT2D eigenvalue weighted by molar-refractivity contribution is 5.75. The van der Waals surface area contributed by atoms with E-state index in [0.717, 1.165) is 55.4 Å². The lowest BCUT2D eigenvalue weighted by molar-refractivity contribution is -0.121. The van der Waals surface area contributed by atoms with Crippen molar-refractivity contribution in [1.82, 2.24) is 20.2 Å². The summed E-state index contributed by atoms with van der Waals surface area (Å²) in [7, 11) is 3.26. The summed E-state index contributed by atoms with van der Waals surface area (Å²) in [6, 6.07) is 5.65. The van der Waals surface area contributed by atoms with Crippen LogP contribution in [0.4, 0.5) is 0 Å². The van der Waals surface area contributed by atoms with Gasteiger partial charge in [0.25, 0.3) is 0 Å². The molecule has 1 atom stereocenters. The lowest BCUT2D eigenvalue weighted by Gasteiger charge is -2.32. The first-order valence-corrected chi connectivity index (χ1v) is 11.8. The Hall–Kier alpha value is -2.54. The van der Waals surface area contributed by atoms with Crippen molar-refractivity contribution in [2.24, 2.45) is 5.92 Å². The SMILES string of the molecule is CCCCc1ncc(CN2CCC[C@H](CCC(=O)NCc3ccc(OC)cc3OC)C2)[nH]1. The molecule has 1 fully saturated rings. The summed E-state index contributed by atoms with van der Waals surface area (Å²) in [5.74, 6) is 3.22. The summed E-state index contributed by atoms with van der Waals surface area (Å²) in [5.41, 5.74) is 2.14. The summed E-state index contributed by atoms with van der Waals surface area (Å²) in [4.78, 5) is 22.9. The highest BCUT2D eigenvalue weighted by atomic mass is 16.5. The number of carbonyl (C=O) groups excluding carboxylic acids is 1. The second-order valence-electron chi connectivity index (χ2n) is 8.70. The van der Waals surface area contributed by atoms with E-state index >= 15 is 0 Å². The monoisotopic (exact) mass is 442 g/mol. The van der Waals surface area contributed by atoms with E-state index in [1.54, 1.807) is 14.2 Å². The van der Waals surface area contributed by atoms with E-state index in [1.165, 1.54) is 31.4 Å². The number of aryl methyl sites for hydroxylation is 1. The van der Waals surface area contributed by atoms with Crippen LogP contribution in [0.3, 0.4) is 0 Å². The Morgan fingerprint density at radius 3 is 2.97 bits per heavy atom. The fraction of sp³-hybridized carbons (Fsp3) is 0.600. The number of H-pyrrole nitrogens is 1. The average molecular weight is 443 g/mol. The third-order valence-electron chi connectivity index (χ3n) is 6.20. The van der Waals surface area contributed by atoms with Crippen LogP contribution in [0.2, 0.25) is 0 Å². The summed E-state index contributed by atoms with van der Waals surface area (Å²) in [6.45, 7) is 5.74. The zero-order valence-corrected chi connectivity index (χ0v) is 19.8. The number of likely N-dealkylation sites (tertiary alicyclic amines) is 1. The van der Waals surface area contributed by atoms with Crippen LogP contribution in [-0.2, 0) is 24.3 Å². The van der Waals surface area contributed by atoms with Crippen molar-refractivity contribution in [3.8, 4) is 11.5 Å². The molecule has 2 aromatic rings. The molecule has 1 amide bonds. The molecule has 0 unspecified atom stereocenters. The lowest BCUT2D eigenvalue weighted by Crippen LogP contribution is -2.35. The number of piperidine rings is 1. The van der Waals surface area contributed by atoms with Gasteiger partial charge in [0.1, 0.15) is 17.3 Å². The van der Waals surface area contributed by atoms with Crippen molar-refractivity contribution >= 4 is 5.91 Å². The van der Waals surface area contributed by atoms with Gasteiger partial charge in [-0.15, -0.1) is 0 Å². The number of rotatable bonds is 12. The number of methoxy groups -OCH3 is 2. The number of nitrogens with zero attached hydrogens (tertiary/aromatic N) is 2. The molecule has 2 N–H and O–H groups in total. The number of unbranched alkanes of at least 4 members (excludes halogenated alkanes) is 1. The largest absolute Gasteiger partial charge is 0.497 e. The summed E-state index contributed by atoms with van der Waals surface area (Å²) >= 11 is 0. The fourth-order valence-corrected chi connectivity index (χ4v) is 4.34. The van der Waals surface area contributed by atoms with Crippen molar-refractivity contribution in [3.05, 3.63) is 41.5 Å². The maximum absolute atomic E-state index is 12.4. The molecule has 0 radical (unpaired) electrons. The van der Waals surface area contributed by atoms with Crippen molar-refractivity contribution in [2.45, 2.75) is 65.0 Å². The smallest absolute Gasteiger partial charge is 0.220 e. The minimum atomic E-state index is 0.0918. The third-order valence-corrected chi connectivity index (χ3v) is 6.20. The molecule has 3 rings (SSSR count). The van der Waals surface area contributed by atoms with E-state index in [4.69, 9.17) is 9.47 Å². The highest BCUT2D eigenvalue weighted by Gasteiger charge is 2.21. The number of aromatic amines is 1. The minimum Gasteiger partial charge on any atom is -0.497 e. The molecular weight excluding hydrogens is 404 g/mol. The Morgan fingerprint density at radius 1 is 1.31 bits per heavy atom. The molecule has 1 aliphatic rings.